The molecule has 2 aliphatic carbocycles. The van der Waals surface area contributed by atoms with E-state index in [1.807, 2.05) is 12.1 Å². The second-order valence-electron chi connectivity index (χ2n) is 7.55. The first kappa shape index (κ1) is 14.7. The molecule has 3 nitrogen and oxygen atoms in total. The summed E-state index contributed by atoms with van der Waals surface area (Å²) in [5.74, 6) is 0.305. The Kier molecular flexibility index (Phi) is 3.25. The van der Waals surface area contributed by atoms with Crippen LogP contribution in [0.25, 0.3) is 0 Å². The molecule has 3 N–H and O–H groups in total. The first-order chi connectivity index (χ1) is 9.74. The van der Waals surface area contributed by atoms with Gasteiger partial charge in [-0.05, 0) is 54.2 Å². The van der Waals surface area contributed by atoms with Crippen molar-refractivity contribution < 1.29 is 4.79 Å². The second-order valence-corrected chi connectivity index (χ2v) is 7.96. The Bertz CT molecular complexity index is 594. The van der Waals surface area contributed by atoms with Gasteiger partial charge >= 0.3 is 0 Å². The summed E-state index contributed by atoms with van der Waals surface area (Å²) in [5, 5.41) is 4.09. The zero-order chi connectivity index (χ0) is 15.4. The summed E-state index contributed by atoms with van der Waals surface area (Å²) in [4.78, 5) is 11.3. The summed E-state index contributed by atoms with van der Waals surface area (Å²) in [6.45, 7) is 7.11. The van der Waals surface area contributed by atoms with Crippen molar-refractivity contribution in [2.45, 2.75) is 46.1 Å². The Morgan fingerprint density at radius 2 is 2.10 bits per heavy atom. The minimum Gasteiger partial charge on any atom is -0.381 e. The standard InChI is InChI=1S/C17H23ClN2O/c1-16(2)10-6-7-17(3,9-10)15(16)20-11-4-5-12(14(19)21)13(18)8-11/h4-5,8,10,15,20H,6-7,9H2,1-3H3,(H2,19,21)/t10-,15?,17+/m0/s1. The summed E-state index contributed by atoms with van der Waals surface area (Å²) >= 11 is 6.15. The minimum absolute atomic E-state index is 0.280. The zero-order valence-electron chi connectivity index (χ0n) is 12.9. The van der Waals surface area contributed by atoms with E-state index in [0.717, 1.165) is 11.6 Å². The van der Waals surface area contributed by atoms with Gasteiger partial charge in [0.1, 0.15) is 0 Å². The molecule has 0 aromatic heterocycles. The fourth-order valence-electron chi connectivity index (χ4n) is 4.63. The average Bonchev–Trinajstić information content (AvgIpc) is 2.85. The maximum Gasteiger partial charge on any atom is 0.250 e. The van der Waals surface area contributed by atoms with Crippen molar-refractivity contribution in [3.8, 4) is 0 Å². The summed E-state index contributed by atoms with van der Waals surface area (Å²) in [6.07, 6.45) is 3.92. The van der Waals surface area contributed by atoms with Crippen molar-refractivity contribution in [2.75, 3.05) is 5.32 Å². The number of hydrogen-bond donors (Lipinski definition) is 2. The lowest BCUT2D eigenvalue weighted by molar-refractivity contribution is 0.100. The van der Waals surface area contributed by atoms with Crippen LogP contribution in [0.1, 0.15) is 50.4 Å². The fraction of sp³-hybridized carbons (Fsp3) is 0.588. The van der Waals surface area contributed by atoms with Crippen LogP contribution in [0.2, 0.25) is 5.02 Å². The molecule has 1 aromatic rings. The van der Waals surface area contributed by atoms with Crippen molar-refractivity contribution in [1.82, 2.24) is 0 Å². The van der Waals surface area contributed by atoms with E-state index in [4.69, 9.17) is 17.3 Å². The molecule has 2 bridgehead atoms. The minimum atomic E-state index is -0.487. The molecule has 3 atom stereocenters. The third-order valence-electron chi connectivity index (χ3n) is 5.82. The third-order valence-corrected chi connectivity index (χ3v) is 6.13. The van der Waals surface area contributed by atoms with Gasteiger partial charge in [0.15, 0.2) is 0 Å². The van der Waals surface area contributed by atoms with Gasteiger partial charge in [-0.2, -0.15) is 0 Å². The van der Waals surface area contributed by atoms with E-state index < -0.39 is 5.91 Å². The highest BCUT2D eigenvalue weighted by molar-refractivity contribution is 6.34. The molecule has 1 unspecified atom stereocenters. The molecule has 2 saturated carbocycles. The van der Waals surface area contributed by atoms with E-state index in [0.29, 0.717) is 22.0 Å². The van der Waals surface area contributed by atoms with Crippen molar-refractivity contribution in [2.24, 2.45) is 22.5 Å². The van der Waals surface area contributed by atoms with Crippen LogP contribution in [-0.4, -0.2) is 11.9 Å². The maximum atomic E-state index is 11.3. The Morgan fingerprint density at radius 1 is 1.38 bits per heavy atom. The Morgan fingerprint density at radius 3 is 2.62 bits per heavy atom. The predicted octanol–water partition coefficient (Wildman–Crippen LogP) is 4.07. The summed E-state index contributed by atoms with van der Waals surface area (Å²) < 4.78 is 0. The van der Waals surface area contributed by atoms with Crippen LogP contribution in [0, 0.1) is 16.7 Å². The third kappa shape index (κ3) is 2.22. The number of primary amides is 1. The quantitative estimate of drug-likeness (QED) is 0.884. The number of halogens is 1. The molecular formula is C17H23ClN2O. The number of amides is 1. The molecule has 1 amide bonds. The van der Waals surface area contributed by atoms with Gasteiger partial charge in [0, 0.05) is 11.7 Å². The molecule has 0 saturated heterocycles. The summed E-state index contributed by atoms with van der Waals surface area (Å²) in [6, 6.07) is 5.85. The number of benzene rings is 1. The highest BCUT2D eigenvalue weighted by Crippen LogP contribution is 2.63. The Hall–Kier alpha value is -1.22. The highest BCUT2D eigenvalue weighted by Gasteiger charge is 2.59. The topological polar surface area (TPSA) is 55.1 Å². The number of nitrogens with one attached hydrogen (secondary N) is 1. The van der Waals surface area contributed by atoms with E-state index in [1.165, 1.54) is 19.3 Å². The van der Waals surface area contributed by atoms with Crippen LogP contribution in [0.3, 0.4) is 0 Å². The van der Waals surface area contributed by atoms with Crippen molar-refractivity contribution in [3.05, 3.63) is 28.8 Å². The molecular weight excluding hydrogens is 284 g/mol. The first-order valence-electron chi connectivity index (χ1n) is 7.60. The smallest absolute Gasteiger partial charge is 0.250 e. The molecule has 21 heavy (non-hydrogen) atoms. The average molecular weight is 307 g/mol. The van der Waals surface area contributed by atoms with Crippen LogP contribution >= 0.6 is 11.6 Å². The molecule has 0 aliphatic heterocycles. The lowest BCUT2D eigenvalue weighted by atomic mass is 9.68. The van der Waals surface area contributed by atoms with E-state index in [-0.39, 0.29) is 5.41 Å². The van der Waals surface area contributed by atoms with Gasteiger partial charge in [-0.3, -0.25) is 4.79 Å². The number of carbonyl (C=O) groups excluding carboxylic acids is 1. The van der Waals surface area contributed by atoms with Crippen molar-refractivity contribution in [3.63, 3.8) is 0 Å². The molecule has 3 rings (SSSR count). The van der Waals surface area contributed by atoms with Crippen LogP contribution in [0.5, 0.6) is 0 Å². The van der Waals surface area contributed by atoms with E-state index in [2.05, 4.69) is 26.1 Å². The molecule has 0 radical (unpaired) electrons. The molecule has 2 aliphatic rings. The number of anilines is 1. The first-order valence-corrected chi connectivity index (χ1v) is 7.98. The van der Waals surface area contributed by atoms with Gasteiger partial charge in [0.2, 0.25) is 5.91 Å². The maximum absolute atomic E-state index is 11.3. The SMILES string of the molecule is CC1(C)C(Nc2ccc(C(N)=O)c(Cl)c2)[C@]2(C)CC[C@H]1C2. The van der Waals surface area contributed by atoms with Gasteiger partial charge in [0.25, 0.3) is 0 Å². The number of hydrogen-bond acceptors (Lipinski definition) is 2. The highest BCUT2D eigenvalue weighted by atomic mass is 35.5. The number of nitrogens with two attached hydrogens (primary N) is 1. The molecule has 114 valence electrons. The monoisotopic (exact) mass is 306 g/mol. The lowest BCUT2D eigenvalue weighted by Crippen LogP contribution is -2.45. The van der Waals surface area contributed by atoms with E-state index in [1.54, 1.807) is 6.07 Å². The van der Waals surface area contributed by atoms with E-state index in [9.17, 15) is 4.79 Å². The van der Waals surface area contributed by atoms with Crippen LogP contribution in [0.4, 0.5) is 5.69 Å². The van der Waals surface area contributed by atoms with Crippen molar-refractivity contribution >= 4 is 23.2 Å². The molecule has 4 heteroatoms. The summed E-state index contributed by atoms with van der Waals surface area (Å²) in [7, 11) is 0. The largest absolute Gasteiger partial charge is 0.381 e. The van der Waals surface area contributed by atoms with E-state index >= 15 is 0 Å². The summed E-state index contributed by atoms with van der Waals surface area (Å²) in [5.41, 5.74) is 7.27. The fourth-order valence-corrected chi connectivity index (χ4v) is 4.91. The van der Waals surface area contributed by atoms with Crippen LogP contribution < -0.4 is 11.1 Å². The predicted molar refractivity (Wildman–Crippen MR) is 86.6 cm³/mol. The number of fused-ring (bicyclic) bond motifs is 2. The van der Waals surface area contributed by atoms with Crippen LogP contribution in [-0.2, 0) is 0 Å². The lowest BCUT2D eigenvalue weighted by Gasteiger charge is -2.43. The number of rotatable bonds is 3. The molecule has 1 aromatic carbocycles. The van der Waals surface area contributed by atoms with Gasteiger partial charge in [0.05, 0.1) is 10.6 Å². The zero-order valence-corrected chi connectivity index (χ0v) is 13.6. The van der Waals surface area contributed by atoms with Gasteiger partial charge in [-0.1, -0.05) is 32.4 Å². The van der Waals surface area contributed by atoms with Gasteiger partial charge in [-0.15, -0.1) is 0 Å². The van der Waals surface area contributed by atoms with Crippen molar-refractivity contribution in [1.29, 1.82) is 0 Å². The molecule has 2 fully saturated rings. The number of carbonyl (C=O) groups is 1. The Balaban J connectivity index is 1.87. The molecule has 0 heterocycles. The molecule has 0 spiro atoms. The normalized spacial score (nSPS) is 33.1. The van der Waals surface area contributed by atoms with Crippen LogP contribution in [0.15, 0.2) is 18.2 Å². The van der Waals surface area contributed by atoms with Gasteiger partial charge in [-0.25, -0.2) is 0 Å². The second kappa shape index (κ2) is 4.64. The Labute approximate surface area is 131 Å². The van der Waals surface area contributed by atoms with Gasteiger partial charge < -0.3 is 11.1 Å².